The van der Waals surface area contributed by atoms with Gasteiger partial charge in [-0.15, -0.1) is 0 Å². The van der Waals surface area contributed by atoms with E-state index in [4.69, 9.17) is 21.1 Å². The maximum atomic E-state index is 14.5. The van der Waals surface area contributed by atoms with Crippen LogP contribution in [0, 0.1) is 56.7 Å². The molecule has 0 spiro atoms. The summed E-state index contributed by atoms with van der Waals surface area (Å²) in [4.78, 5) is 57.1. The normalized spacial score (nSPS) is 34.9. The summed E-state index contributed by atoms with van der Waals surface area (Å²) in [6.07, 6.45) is 7.22. The van der Waals surface area contributed by atoms with Gasteiger partial charge in [0.05, 0.1) is 11.8 Å². The average Bonchev–Trinajstić information content (AvgIpc) is 3.45. The van der Waals surface area contributed by atoms with E-state index in [9.17, 15) is 24.3 Å². The minimum Gasteiger partial charge on any atom is -0.481 e. The van der Waals surface area contributed by atoms with Crippen LogP contribution in [0.2, 0.25) is 5.02 Å². The summed E-state index contributed by atoms with van der Waals surface area (Å²) in [5.74, 6) is -0.214. The van der Waals surface area contributed by atoms with E-state index < -0.39 is 28.9 Å². The minimum absolute atomic E-state index is 0.0154. The first-order valence-corrected chi connectivity index (χ1v) is 22.9. The van der Waals surface area contributed by atoms with Crippen LogP contribution in [0.25, 0.3) is 0 Å². The maximum Gasteiger partial charge on any atom is 0.309 e. The highest BCUT2D eigenvalue weighted by Gasteiger charge is 2.70. The summed E-state index contributed by atoms with van der Waals surface area (Å²) >= 11 is 6.73. The van der Waals surface area contributed by atoms with Crippen molar-refractivity contribution in [3.05, 3.63) is 46.0 Å². The number of nitrogens with zero attached hydrogens (tertiary/aromatic N) is 2. The number of esters is 2. The lowest BCUT2D eigenvalue weighted by atomic mass is 9.33. The number of hydrogen-bond acceptors (Lipinski definition) is 8. The van der Waals surface area contributed by atoms with Crippen LogP contribution in [-0.4, -0.2) is 84.5 Å². The molecule has 1 N–H and O–H groups in total. The highest BCUT2D eigenvalue weighted by atomic mass is 35.5. The van der Waals surface area contributed by atoms with Crippen molar-refractivity contribution >= 4 is 35.3 Å². The highest BCUT2D eigenvalue weighted by molar-refractivity contribution is 6.31. The predicted molar refractivity (Wildman–Crippen MR) is 232 cm³/mol. The van der Waals surface area contributed by atoms with E-state index in [2.05, 4.69) is 71.5 Å². The highest BCUT2D eigenvalue weighted by Crippen LogP contribution is 2.76. The Morgan fingerprint density at radius 1 is 0.966 bits per heavy atom. The molecule has 4 saturated carbocycles. The Morgan fingerprint density at radius 2 is 1.66 bits per heavy atom. The van der Waals surface area contributed by atoms with Crippen molar-refractivity contribution in [2.45, 2.75) is 145 Å². The Labute approximate surface area is 359 Å². The fourth-order valence-electron chi connectivity index (χ4n) is 13.7. The molecule has 0 amide bonds. The number of carbonyl (C=O) groups is 4. The zero-order valence-electron chi connectivity index (χ0n) is 37.9. The number of ketones is 1. The molecule has 5 aliphatic carbocycles. The zero-order valence-corrected chi connectivity index (χ0v) is 38.7. The summed E-state index contributed by atoms with van der Waals surface area (Å²) in [6, 6.07) is 7.95. The van der Waals surface area contributed by atoms with E-state index in [1.165, 1.54) is 12.5 Å². The van der Waals surface area contributed by atoms with Crippen LogP contribution in [0.5, 0.6) is 0 Å². The second-order valence-electron chi connectivity index (χ2n) is 21.4. The quantitative estimate of drug-likeness (QED) is 0.183. The van der Waals surface area contributed by atoms with Gasteiger partial charge in [0.15, 0.2) is 5.78 Å². The van der Waals surface area contributed by atoms with Crippen LogP contribution >= 0.6 is 11.6 Å². The van der Waals surface area contributed by atoms with Gasteiger partial charge in [-0.2, -0.15) is 0 Å². The smallest absolute Gasteiger partial charge is 0.309 e. The number of carboxylic acids is 1. The first-order valence-electron chi connectivity index (χ1n) is 22.5. The second-order valence-corrected chi connectivity index (χ2v) is 21.8. The number of benzene rings is 1. The molecule has 6 rings (SSSR count). The van der Waals surface area contributed by atoms with E-state index in [0.29, 0.717) is 36.4 Å². The van der Waals surface area contributed by atoms with Crippen molar-refractivity contribution in [2.24, 2.45) is 56.7 Å². The maximum absolute atomic E-state index is 14.5. The first-order chi connectivity index (χ1) is 27.5. The first kappa shape index (κ1) is 45.8. The molecule has 328 valence electrons. The predicted octanol–water partition coefficient (Wildman–Crippen LogP) is 9.64. The number of fused-ring (bicyclic) bond motifs is 7. The molecule has 59 heavy (non-hydrogen) atoms. The molecule has 5 aliphatic rings. The summed E-state index contributed by atoms with van der Waals surface area (Å²) in [6.45, 7) is 21.6. The molecule has 1 aromatic rings. The van der Waals surface area contributed by atoms with E-state index in [-0.39, 0.29) is 58.3 Å². The molecule has 0 bridgehead atoms. The standard InChI is InChI=1S/C49H73ClN2O7/c1-30(2)42-37(54)26-49(40(58-32(4)53)29-52(25-24-51(10)11)28-33-14-12-13-15-36(33)50)23-22-47(8)35(43(42)49)16-17-39-46(7)20-19-38(31(3)34(46)18-21-48(39,47)9)59-41(55)27-45(5,6)44(56)57/h12-15,30-31,34-35,38-40H,16-29H2,1-11H3,(H,56,57)/t31-,34+,35-,38+,39-,40-,46+,47-,48-,49+/m1/s1. The number of likely N-dealkylation sites (N-methyl/N-ethyl adjacent to an activating group) is 1. The SMILES string of the molecule is CC(=O)O[C@H](CN(CCN(C)C)Cc1ccccc1Cl)[C@@]12CC[C@]3(C)[C@H](CC[C@@H]4[C@@]5(C)CC[C@H](OC(=O)CC(C)(C)C(=O)O)[C@H](C)[C@@H]5CC[C@]43C)C1=C(C(C)C)C(=O)C2. The van der Waals surface area contributed by atoms with Gasteiger partial charge in [-0.25, -0.2) is 0 Å². The lowest BCUT2D eigenvalue weighted by Gasteiger charge is -2.71. The number of ether oxygens (including phenoxy) is 2. The molecule has 10 atom stereocenters. The van der Waals surface area contributed by atoms with E-state index in [1.54, 1.807) is 13.8 Å². The Bertz CT molecular complexity index is 1820. The van der Waals surface area contributed by atoms with Gasteiger partial charge in [0.2, 0.25) is 0 Å². The number of aliphatic carboxylic acids is 1. The number of carbonyl (C=O) groups excluding carboxylic acids is 3. The van der Waals surface area contributed by atoms with Gasteiger partial charge in [0, 0.05) is 50.0 Å². The number of rotatable bonds is 14. The second kappa shape index (κ2) is 16.8. The number of Topliss-reactive ketones (excluding diaryl/α,β-unsaturated/α-hetero) is 1. The molecule has 0 radical (unpaired) electrons. The fraction of sp³-hybridized carbons (Fsp3) is 0.755. The molecular formula is C49H73ClN2O7. The summed E-state index contributed by atoms with van der Waals surface area (Å²) in [7, 11) is 4.14. The van der Waals surface area contributed by atoms with Crippen LogP contribution in [-0.2, 0) is 35.2 Å². The van der Waals surface area contributed by atoms with Crippen molar-refractivity contribution in [2.75, 3.05) is 33.7 Å². The van der Waals surface area contributed by atoms with E-state index in [1.807, 2.05) is 18.2 Å². The van der Waals surface area contributed by atoms with Crippen molar-refractivity contribution in [3.8, 4) is 0 Å². The largest absolute Gasteiger partial charge is 0.481 e. The number of carboxylic acid groups (broad SMARTS) is 1. The van der Waals surface area contributed by atoms with Gasteiger partial charge >= 0.3 is 17.9 Å². The van der Waals surface area contributed by atoms with Gasteiger partial charge in [-0.05, 0) is 148 Å². The van der Waals surface area contributed by atoms with Crippen molar-refractivity contribution in [3.63, 3.8) is 0 Å². The van der Waals surface area contributed by atoms with Gasteiger partial charge < -0.3 is 19.5 Å². The molecule has 0 unspecified atom stereocenters. The average molecular weight is 838 g/mol. The molecule has 4 fully saturated rings. The minimum atomic E-state index is -1.17. The van der Waals surface area contributed by atoms with Crippen LogP contribution in [0.4, 0.5) is 0 Å². The van der Waals surface area contributed by atoms with Gasteiger partial charge in [-0.3, -0.25) is 24.1 Å². The third-order valence-electron chi connectivity index (χ3n) is 17.0. The van der Waals surface area contributed by atoms with E-state index >= 15 is 0 Å². The molecule has 10 heteroatoms. The number of allylic oxidation sites excluding steroid dienone is 1. The Balaban J connectivity index is 1.32. The lowest BCUT2D eigenvalue weighted by Crippen LogP contribution is -2.65. The molecule has 0 heterocycles. The Morgan fingerprint density at radius 3 is 2.29 bits per heavy atom. The van der Waals surface area contributed by atoms with Crippen molar-refractivity contribution < 1.29 is 33.8 Å². The fourth-order valence-corrected chi connectivity index (χ4v) is 13.9. The number of halogens is 1. The van der Waals surface area contributed by atoms with Crippen LogP contribution in [0.3, 0.4) is 0 Å². The Hall–Kier alpha value is -2.75. The molecule has 0 aliphatic heterocycles. The van der Waals surface area contributed by atoms with Crippen LogP contribution in [0.15, 0.2) is 35.4 Å². The summed E-state index contributed by atoms with van der Waals surface area (Å²) in [5, 5.41) is 10.3. The lowest BCUT2D eigenvalue weighted by molar-refractivity contribution is -0.219. The molecule has 1 aromatic carbocycles. The molecule has 9 nitrogen and oxygen atoms in total. The molecular weight excluding hydrogens is 764 g/mol. The third-order valence-corrected chi connectivity index (χ3v) is 17.4. The zero-order chi connectivity index (χ0) is 43.5. The van der Waals surface area contributed by atoms with Gasteiger partial charge in [-0.1, -0.05) is 71.3 Å². The Kier molecular flexibility index (Phi) is 13.1. The third kappa shape index (κ3) is 8.20. The topological polar surface area (TPSA) is 113 Å². The molecule has 0 aromatic heterocycles. The summed E-state index contributed by atoms with van der Waals surface area (Å²) in [5.41, 5.74) is 1.58. The summed E-state index contributed by atoms with van der Waals surface area (Å²) < 4.78 is 12.6. The van der Waals surface area contributed by atoms with Crippen molar-refractivity contribution in [1.82, 2.24) is 9.80 Å². The number of hydrogen-bond donors (Lipinski definition) is 1. The van der Waals surface area contributed by atoms with Gasteiger partial charge in [0.1, 0.15) is 12.2 Å². The van der Waals surface area contributed by atoms with Gasteiger partial charge in [0.25, 0.3) is 0 Å². The van der Waals surface area contributed by atoms with Crippen LogP contribution < -0.4 is 0 Å². The van der Waals surface area contributed by atoms with Crippen LogP contribution in [0.1, 0.15) is 132 Å². The monoisotopic (exact) mass is 837 g/mol. The van der Waals surface area contributed by atoms with E-state index in [0.717, 1.165) is 75.6 Å². The molecule has 0 saturated heterocycles. The van der Waals surface area contributed by atoms with Crippen molar-refractivity contribution in [1.29, 1.82) is 0 Å².